The Morgan fingerprint density at radius 3 is 2.58 bits per heavy atom. The van der Waals surface area contributed by atoms with E-state index in [0.29, 0.717) is 17.1 Å². The molecule has 0 spiro atoms. The minimum Gasteiger partial charge on any atom is -0.295 e. The molecular weight excluding hydrogens is 148 g/mol. The maximum absolute atomic E-state index is 11.3. The van der Waals surface area contributed by atoms with E-state index in [9.17, 15) is 4.79 Å². The van der Waals surface area contributed by atoms with E-state index >= 15 is 0 Å². The summed E-state index contributed by atoms with van der Waals surface area (Å²) in [4.78, 5) is 11.3. The Bertz CT molecular complexity index is 289. The minimum absolute atomic E-state index is 0.267. The van der Waals surface area contributed by atoms with Crippen LogP contribution in [0.15, 0.2) is 11.6 Å². The molecule has 1 saturated carbocycles. The SMILES string of the molecule is CC1=CC(=O)CC2(C)C(C)C12C. The van der Waals surface area contributed by atoms with Gasteiger partial charge in [0.25, 0.3) is 0 Å². The van der Waals surface area contributed by atoms with Crippen molar-refractivity contribution in [3.8, 4) is 0 Å². The Morgan fingerprint density at radius 1 is 1.50 bits per heavy atom. The van der Waals surface area contributed by atoms with Crippen molar-refractivity contribution in [2.75, 3.05) is 0 Å². The fourth-order valence-corrected chi connectivity index (χ4v) is 3.08. The molecule has 0 aromatic heterocycles. The number of hydrogen-bond acceptors (Lipinski definition) is 1. The summed E-state index contributed by atoms with van der Waals surface area (Å²) in [5, 5.41) is 0. The van der Waals surface area contributed by atoms with E-state index in [1.165, 1.54) is 5.57 Å². The molecule has 1 heteroatoms. The Balaban J connectivity index is 2.47. The maximum atomic E-state index is 11.3. The zero-order valence-corrected chi connectivity index (χ0v) is 8.27. The molecule has 3 atom stereocenters. The van der Waals surface area contributed by atoms with Gasteiger partial charge in [-0.15, -0.1) is 0 Å². The van der Waals surface area contributed by atoms with Crippen molar-refractivity contribution >= 4 is 5.78 Å². The van der Waals surface area contributed by atoms with Crippen LogP contribution in [0.3, 0.4) is 0 Å². The third kappa shape index (κ3) is 0.596. The van der Waals surface area contributed by atoms with Gasteiger partial charge in [-0.3, -0.25) is 4.79 Å². The highest BCUT2D eigenvalue weighted by atomic mass is 16.1. The third-order valence-electron chi connectivity index (χ3n) is 4.66. The summed E-state index contributed by atoms with van der Waals surface area (Å²) in [6.07, 6.45) is 2.59. The first kappa shape index (κ1) is 8.03. The number of allylic oxidation sites excluding steroid dienone is 2. The Kier molecular flexibility index (Phi) is 1.23. The molecule has 2 aliphatic carbocycles. The lowest BCUT2D eigenvalue weighted by Gasteiger charge is -2.22. The van der Waals surface area contributed by atoms with Crippen LogP contribution >= 0.6 is 0 Å². The summed E-state index contributed by atoms with van der Waals surface area (Å²) >= 11 is 0. The van der Waals surface area contributed by atoms with Gasteiger partial charge in [0.1, 0.15) is 0 Å². The first-order chi connectivity index (χ1) is 5.43. The van der Waals surface area contributed by atoms with E-state index in [0.717, 1.165) is 6.42 Å². The van der Waals surface area contributed by atoms with Crippen LogP contribution in [0.1, 0.15) is 34.1 Å². The smallest absolute Gasteiger partial charge is 0.156 e. The lowest BCUT2D eigenvalue weighted by Crippen LogP contribution is -2.18. The highest BCUT2D eigenvalue weighted by molar-refractivity contribution is 5.93. The second-order valence-corrected chi connectivity index (χ2v) is 4.81. The summed E-state index contributed by atoms with van der Waals surface area (Å²) in [5.41, 5.74) is 1.87. The standard InChI is InChI=1S/C11H16O/c1-7-5-9(12)6-10(3)8(2)11(7,10)4/h5,8H,6H2,1-4H3. The van der Waals surface area contributed by atoms with E-state index in [4.69, 9.17) is 0 Å². The highest BCUT2D eigenvalue weighted by Gasteiger charge is 2.70. The van der Waals surface area contributed by atoms with Crippen molar-refractivity contribution in [2.45, 2.75) is 34.1 Å². The van der Waals surface area contributed by atoms with Gasteiger partial charge in [-0.2, -0.15) is 0 Å². The van der Waals surface area contributed by atoms with Crippen molar-refractivity contribution in [3.05, 3.63) is 11.6 Å². The molecule has 0 aromatic rings. The summed E-state index contributed by atoms with van der Waals surface area (Å²) in [5.74, 6) is 0.990. The van der Waals surface area contributed by atoms with Gasteiger partial charge in [0.2, 0.25) is 0 Å². The van der Waals surface area contributed by atoms with Gasteiger partial charge in [-0.25, -0.2) is 0 Å². The molecule has 0 heterocycles. The normalized spacial score (nSPS) is 51.5. The predicted octanol–water partition coefficient (Wildman–Crippen LogP) is 2.57. The maximum Gasteiger partial charge on any atom is 0.156 e. The summed E-state index contributed by atoms with van der Waals surface area (Å²) in [7, 11) is 0. The van der Waals surface area contributed by atoms with E-state index < -0.39 is 0 Å². The number of rotatable bonds is 0. The summed E-state index contributed by atoms with van der Waals surface area (Å²) in [6.45, 7) is 8.89. The van der Waals surface area contributed by atoms with Crippen molar-refractivity contribution in [1.29, 1.82) is 0 Å². The third-order valence-corrected chi connectivity index (χ3v) is 4.66. The fraction of sp³-hybridized carbons (Fsp3) is 0.727. The van der Waals surface area contributed by atoms with Gasteiger partial charge in [0.15, 0.2) is 5.78 Å². The molecule has 0 aliphatic heterocycles. The Hall–Kier alpha value is -0.590. The average molecular weight is 164 g/mol. The monoisotopic (exact) mass is 164 g/mol. The van der Waals surface area contributed by atoms with Crippen molar-refractivity contribution in [3.63, 3.8) is 0 Å². The van der Waals surface area contributed by atoms with Crippen molar-refractivity contribution in [1.82, 2.24) is 0 Å². The van der Waals surface area contributed by atoms with E-state index in [-0.39, 0.29) is 5.41 Å². The summed E-state index contributed by atoms with van der Waals surface area (Å²) in [6, 6.07) is 0. The van der Waals surface area contributed by atoms with Crippen LogP contribution in [0, 0.1) is 16.7 Å². The van der Waals surface area contributed by atoms with Gasteiger partial charge >= 0.3 is 0 Å². The molecule has 0 N–H and O–H groups in total. The van der Waals surface area contributed by atoms with Crippen LogP contribution in [0.2, 0.25) is 0 Å². The number of hydrogen-bond donors (Lipinski definition) is 0. The van der Waals surface area contributed by atoms with E-state index in [2.05, 4.69) is 27.7 Å². The second kappa shape index (κ2) is 1.84. The molecule has 2 rings (SSSR count). The average Bonchev–Trinajstić information content (AvgIpc) is 2.36. The number of fused-ring (bicyclic) bond motifs is 1. The highest BCUT2D eigenvalue weighted by Crippen LogP contribution is 2.75. The van der Waals surface area contributed by atoms with Crippen molar-refractivity contribution < 1.29 is 4.79 Å². The molecule has 0 amide bonds. The zero-order chi connectivity index (χ0) is 9.15. The van der Waals surface area contributed by atoms with Crippen LogP contribution < -0.4 is 0 Å². The molecule has 1 nitrogen and oxygen atoms in total. The Labute approximate surface area is 73.8 Å². The second-order valence-electron chi connectivity index (χ2n) is 4.81. The number of carbonyl (C=O) groups excluding carboxylic acids is 1. The van der Waals surface area contributed by atoms with Crippen LogP contribution in [0.4, 0.5) is 0 Å². The summed E-state index contributed by atoms with van der Waals surface area (Å²) < 4.78 is 0. The molecule has 3 unspecified atom stereocenters. The quantitative estimate of drug-likeness (QED) is 0.537. The molecule has 2 aliphatic rings. The molecule has 1 fully saturated rings. The van der Waals surface area contributed by atoms with Crippen LogP contribution in [-0.4, -0.2) is 5.78 Å². The van der Waals surface area contributed by atoms with Gasteiger partial charge < -0.3 is 0 Å². The lowest BCUT2D eigenvalue weighted by molar-refractivity contribution is -0.116. The molecule has 12 heavy (non-hydrogen) atoms. The molecule has 66 valence electrons. The van der Waals surface area contributed by atoms with Gasteiger partial charge in [-0.1, -0.05) is 26.3 Å². The fourth-order valence-electron chi connectivity index (χ4n) is 3.08. The molecule has 0 aromatic carbocycles. The predicted molar refractivity (Wildman–Crippen MR) is 48.8 cm³/mol. The largest absolute Gasteiger partial charge is 0.295 e. The van der Waals surface area contributed by atoms with Gasteiger partial charge in [0, 0.05) is 6.42 Å². The van der Waals surface area contributed by atoms with Crippen molar-refractivity contribution in [2.24, 2.45) is 16.7 Å². The van der Waals surface area contributed by atoms with Gasteiger partial charge in [-0.05, 0) is 29.7 Å². The first-order valence-corrected chi connectivity index (χ1v) is 4.64. The van der Waals surface area contributed by atoms with Crippen LogP contribution in [0.25, 0.3) is 0 Å². The van der Waals surface area contributed by atoms with Crippen LogP contribution in [0.5, 0.6) is 0 Å². The van der Waals surface area contributed by atoms with Gasteiger partial charge in [0.05, 0.1) is 0 Å². The molecule has 0 saturated heterocycles. The minimum atomic E-state index is 0.267. The topological polar surface area (TPSA) is 17.1 Å². The lowest BCUT2D eigenvalue weighted by atomic mass is 9.81. The van der Waals surface area contributed by atoms with E-state index in [1.807, 2.05) is 6.08 Å². The van der Waals surface area contributed by atoms with E-state index in [1.54, 1.807) is 0 Å². The first-order valence-electron chi connectivity index (χ1n) is 4.64. The molecule has 0 bridgehead atoms. The Morgan fingerprint density at radius 2 is 2.08 bits per heavy atom. The number of carbonyl (C=O) groups is 1. The molecular formula is C11H16O. The van der Waals surface area contributed by atoms with Crippen LogP contribution in [-0.2, 0) is 4.79 Å². The number of ketones is 1. The molecule has 0 radical (unpaired) electrons. The zero-order valence-electron chi connectivity index (χ0n) is 8.27.